The molecule has 1 aromatic heterocycles. The first-order valence-electron chi connectivity index (χ1n) is 12.5. The van der Waals surface area contributed by atoms with Crippen LogP contribution >= 0.6 is 0 Å². The average Bonchev–Trinajstić information content (AvgIpc) is 3.26. The molecule has 3 heterocycles. The number of nitrogens with one attached hydrogen (secondary N) is 2. The predicted octanol–water partition coefficient (Wildman–Crippen LogP) is 3.80. The third-order valence-electron chi connectivity index (χ3n) is 7.32. The van der Waals surface area contributed by atoms with E-state index in [2.05, 4.69) is 22.1 Å². The van der Waals surface area contributed by atoms with Crippen LogP contribution in [-0.2, 0) is 4.79 Å². The van der Waals surface area contributed by atoms with E-state index in [1.807, 2.05) is 29.2 Å². The lowest BCUT2D eigenvalue weighted by atomic mass is 9.93. The molecule has 2 fully saturated rings. The lowest BCUT2D eigenvalue weighted by Crippen LogP contribution is -2.40. The molecule has 0 bridgehead atoms. The van der Waals surface area contributed by atoms with E-state index in [4.69, 9.17) is 4.74 Å². The highest BCUT2D eigenvalue weighted by molar-refractivity contribution is 5.98. The summed E-state index contributed by atoms with van der Waals surface area (Å²) in [5, 5.41) is 4.11. The lowest BCUT2D eigenvalue weighted by molar-refractivity contribution is -0.122. The number of amides is 2. The summed E-state index contributed by atoms with van der Waals surface area (Å²) in [6, 6.07) is 8.34. The Morgan fingerprint density at radius 3 is 2.70 bits per heavy atom. The van der Waals surface area contributed by atoms with Crippen molar-refractivity contribution in [3.63, 3.8) is 0 Å². The van der Waals surface area contributed by atoms with Crippen LogP contribution in [0.1, 0.15) is 62.4 Å². The van der Waals surface area contributed by atoms with Crippen molar-refractivity contribution < 1.29 is 14.3 Å². The molecule has 0 radical (unpaired) electrons. The monoisotopic (exact) mass is 454 g/mol. The number of fused-ring (bicyclic) bond motifs is 1. The highest BCUT2D eigenvalue weighted by Crippen LogP contribution is 2.25. The number of carbonyl (C=O) groups is 2. The number of piperidine rings is 2. The maximum absolute atomic E-state index is 13.0. The zero-order valence-electron chi connectivity index (χ0n) is 20.1. The van der Waals surface area contributed by atoms with Gasteiger partial charge in [0.15, 0.2) is 0 Å². The molecule has 2 N–H and O–H groups in total. The molecule has 1 aromatic carbocycles. The van der Waals surface area contributed by atoms with Gasteiger partial charge in [-0.3, -0.25) is 9.59 Å². The van der Waals surface area contributed by atoms with Gasteiger partial charge in [0.2, 0.25) is 5.91 Å². The summed E-state index contributed by atoms with van der Waals surface area (Å²) in [6.07, 6.45) is 7.26. The molecule has 7 heteroatoms. The minimum atomic E-state index is 0.0278. The number of hydrogen-bond donors (Lipinski definition) is 2. The number of rotatable bonds is 8. The van der Waals surface area contributed by atoms with Crippen molar-refractivity contribution in [2.45, 2.75) is 57.9 Å². The first-order chi connectivity index (χ1) is 16.0. The smallest absolute Gasteiger partial charge is 0.270 e. The predicted molar refractivity (Wildman–Crippen MR) is 131 cm³/mol. The van der Waals surface area contributed by atoms with Gasteiger partial charge >= 0.3 is 0 Å². The highest BCUT2D eigenvalue weighted by Gasteiger charge is 2.26. The van der Waals surface area contributed by atoms with Crippen molar-refractivity contribution in [1.82, 2.24) is 20.1 Å². The van der Waals surface area contributed by atoms with Gasteiger partial charge < -0.3 is 24.8 Å². The molecule has 0 aliphatic carbocycles. The Balaban J connectivity index is 1.17. The maximum Gasteiger partial charge on any atom is 0.270 e. The van der Waals surface area contributed by atoms with E-state index in [0.29, 0.717) is 37.2 Å². The van der Waals surface area contributed by atoms with Gasteiger partial charge in [0.05, 0.1) is 7.11 Å². The number of benzene rings is 1. The summed E-state index contributed by atoms with van der Waals surface area (Å²) >= 11 is 0. The second-order valence-electron chi connectivity index (χ2n) is 9.66. The van der Waals surface area contributed by atoms with E-state index < -0.39 is 0 Å². The molecule has 2 amide bonds. The van der Waals surface area contributed by atoms with E-state index in [1.165, 1.54) is 25.8 Å². The van der Waals surface area contributed by atoms with Crippen LogP contribution in [0.3, 0.4) is 0 Å². The van der Waals surface area contributed by atoms with Crippen LogP contribution in [0.2, 0.25) is 0 Å². The van der Waals surface area contributed by atoms with Crippen LogP contribution in [0.15, 0.2) is 24.3 Å². The molecule has 1 atom stereocenters. The van der Waals surface area contributed by atoms with Crippen molar-refractivity contribution in [1.29, 1.82) is 0 Å². The van der Waals surface area contributed by atoms with Crippen LogP contribution in [0.4, 0.5) is 0 Å². The first-order valence-corrected chi connectivity index (χ1v) is 12.5. The van der Waals surface area contributed by atoms with Gasteiger partial charge in [0, 0.05) is 55.6 Å². The summed E-state index contributed by atoms with van der Waals surface area (Å²) in [6.45, 7) is 6.72. The molecule has 33 heavy (non-hydrogen) atoms. The summed E-state index contributed by atoms with van der Waals surface area (Å²) in [7, 11) is 1.64. The van der Waals surface area contributed by atoms with Crippen molar-refractivity contribution >= 4 is 22.7 Å². The van der Waals surface area contributed by atoms with Gasteiger partial charge in [-0.05, 0) is 69.7 Å². The van der Waals surface area contributed by atoms with Crippen LogP contribution in [0.25, 0.3) is 10.9 Å². The fraction of sp³-hybridized carbons (Fsp3) is 0.615. The van der Waals surface area contributed by atoms with E-state index in [0.717, 1.165) is 49.0 Å². The van der Waals surface area contributed by atoms with Gasteiger partial charge in [-0.15, -0.1) is 0 Å². The summed E-state index contributed by atoms with van der Waals surface area (Å²) < 4.78 is 5.26. The number of aromatic nitrogens is 1. The van der Waals surface area contributed by atoms with Gasteiger partial charge in [0.25, 0.3) is 5.91 Å². The molecule has 0 saturated carbocycles. The maximum atomic E-state index is 13.0. The fourth-order valence-electron chi connectivity index (χ4n) is 5.19. The fourth-order valence-corrected chi connectivity index (χ4v) is 5.19. The number of nitrogens with zero attached hydrogens (tertiary/aromatic N) is 2. The van der Waals surface area contributed by atoms with Crippen molar-refractivity contribution in [2.24, 2.45) is 5.92 Å². The molecule has 2 aliphatic rings. The lowest BCUT2D eigenvalue weighted by Gasteiger charge is -2.33. The standard InChI is InChI=1S/C26H38N4O3/c1-19-6-3-4-12-29(19)13-5-11-27-25(31)16-20-9-14-30(15-10-20)26(32)24-17-21-7-8-22(33-2)18-23(21)28-24/h7-8,17-20,28H,3-6,9-16H2,1-2H3,(H,27,31)/t19-/m1/s1. The molecule has 4 rings (SSSR count). The second kappa shape index (κ2) is 11.1. The molecule has 7 nitrogen and oxygen atoms in total. The van der Waals surface area contributed by atoms with E-state index in [1.54, 1.807) is 7.11 Å². The number of likely N-dealkylation sites (tertiary alicyclic amines) is 2. The van der Waals surface area contributed by atoms with Gasteiger partial charge in [0.1, 0.15) is 11.4 Å². The first kappa shape index (κ1) is 23.6. The molecule has 2 saturated heterocycles. The zero-order valence-corrected chi connectivity index (χ0v) is 20.1. The topological polar surface area (TPSA) is 77.7 Å². The van der Waals surface area contributed by atoms with E-state index >= 15 is 0 Å². The third-order valence-corrected chi connectivity index (χ3v) is 7.32. The normalized spacial score (nSPS) is 20.2. The second-order valence-corrected chi connectivity index (χ2v) is 9.66. The number of hydrogen-bond acceptors (Lipinski definition) is 4. The van der Waals surface area contributed by atoms with Crippen LogP contribution in [-0.4, -0.2) is 72.5 Å². The Morgan fingerprint density at radius 2 is 1.94 bits per heavy atom. The molecule has 0 spiro atoms. The van der Waals surface area contributed by atoms with E-state index in [9.17, 15) is 9.59 Å². The Morgan fingerprint density at radius 1 is 1.12 bits per heavy atom. The number of ether oxygens (including phenoxy) is 1. The van der Waals surface area contributed by atoms with Crippen molar-refractivity contribution in [3.8, 4) is 5.75 Å². The van der Waals surface area contributed by atoms with Crippen molar-refractivity contribution in [3.05, 3.63) is 30.0 Å². The molecule has 2 aliphatic heterocycles. The van der Waals surface area contributed by atoms with E-state index in [-0.39, 0.29) is 11.8 Å². The molecule has 180 valence electrons. The van der Waals surface area contributed by atoms with Gasteiger partial charge in [-0.25, -0.2) is 0 Å². The number of aromatic amines is 1. The summed E-state index contributed by atoms with van der Waals surface area (Å²) in [5.74, 6) is 1.29. The van der Waals surface area contributed by atoms with Crippen LogP contribution in [0.5, 0.6) is 5.75 Å². The number of carbonyl (C=O) groups excluding carboxylic acids is 2. The average molecular weight is 455 g/mol. The number of H-pyrrole nitrogens is 1. The minimum Gasteiger partial charge on any atom is -0.497 e. The SMILES string of the molecule is COc1ccc2cc(C(=O)N3CCC(CC(=O)NCCCN4CCCC[C@H]4C)CC3)[nH]c2c1. The minimum absolute atomic E-state index is 0.0278. The van der Waals surface area contributed by atoms with Crippen molar-refractivity contribution in [2.75, 3.05) is 39.8 Å². The number of methoxy groups -OCH3 is 1. The Kier molecular flexibility index (Phi) is 7.91. The molecular weight excluding hydrogens is 416 g/mol. The highest BCUT2D eigenvalue weighted by atomic mass is 16.5. The molecule has 2 aromatic rings. The van der Waals surface area contributed by atoms with Gasteiger partial charge in [-0.2, -0.15) is 0 Å². The molecular formula is C26H38N4O3. The van der Waals surface area contributed by atoms with Gasteiger partial charge in [-0.1, -0.05) is 6.42 Å². The zero-order chi connectivity index (χ0) is 23.2. The van der Waals surface area contributed by atoms with Crippen LogP contribution < -0.4 is 10.1 Å². The van der Waals surface area contributed by atoms with Crippen LogP contribution in [0, 0.1) is 5.92 Å². The third kappa shape index (κ3) is 6.08. The largest absolute Gasteiger partial charge is 0.497 e. The summed E-state index contributed by atoms with van der Waals surface area (Å²) in [4.78, 5) is 33.0. The Labute approximate surface area is 196 Å². The quantitative estimate of drug-likeness (QED) is 0.595. The molecule has 0 unspecified atom stereocenters. The Bertz CT molecular complexity index is 948. The summed E-state index contributed by atoms with van der Waals surface area (Å²) in [5.41, 5.74) is 1.51. The Hall–Kier alpha value is -2.54.